The van der Waals surface area contributed by atoms with Crippen LogP contribution in [-0.2, 0) is 4.74 Å². The lowest BCUT2D eigenvalue weighted by Gasteiger charge is -2.39. The molecule has 2 heterocycles. The Hall–Kier alpha value is -1.49. The number of hydrogen-bond acceptors (Lipinski definition) is 4. The smallest absolute Gasteiger partial charge is 0.410 e. The highest BCUT2D eigenvalue weighted by Crippen LogP contribution is 2.26. The summed E-state index contributed by atoms with van der Waals surface area (Å²) in [7, 11) is 1.84. The monoisotopic (exact) mass is 308 g/mol. The van der Waals surface area contributed by atoms with E-state index >= 15 is 0 Å². The van der Waals surface area contributed by atoms with Gasteiger partial charge >= 0.3 is 6.09 Å². The molecule has 0 bridgehead atoms. The maximum Gasteiger partial charge on any atom is 0.410 e. The van der Waals surface area contributed by atoms with Gasteiger partial charge in [0, 0.05) is 26.2 Å². The van der Waals surface area contributed by atoms with Gasteiger partial charge in [-0.05, 0) is 52.7 Å². The molecule has 22 heavy (non-hydrogen) atoms. The summed E-state index contributed by atoms with van der Waals surface area (Å²) in [6, 6.07) is 4.47. The fourth-order valence-corrected chi connectivity index (χ4v) is 2.85. The third-order valence-corrected chi connectivity index (χ3v) is 4.23. The van der Waals surface area contributed by atoms with E-state index in [9.17, 15) is 4.79 Å². The van der Waals surface area contributed by atoms with Crippen molar-refractivity contribution in [3.63, 3.8) is 0 Å². The standard InChI is InChI=1S/C17H28N2O3/c1-13(15-7-6-12-21-15)19-10-8-14(9-11-19)18(5)16(20)22-17(2,3)4/h6-7,12-14H,8-11H2,1-5H3/t13-/m0/s1. The summed E-state index contributed by atoms with van der Waals surface area (Å²) in [6.45, 7) is 9.77. The van der Waals surface area contributed by atoms with Gasteiger partial charge in [-0.1, -0.05) is 0 Å². The Bertz CT molecular complexity index is 471. The molecule has 1 atom stereocenters. The summed E-state index contributed by atoms with van der Waals surface area (Å²) < 4.78 is 10.9. The normalized spacial score (nSPS) is 19.0. The third kappa shape index (κ3) is 4.26. The van der Waals surface area contributed by atoms with Crippen molar-refractivity contribution < 1.29 is 13.9 Å². The highest BCUT2D eigenvalue weighted by Gasteiger charge is 2.30. The molecule has 124 valence electrons. The molecular formula is C17H28N2O3. The van der Waals surface area contributed by atoms with Crippen molar-refractivity contribution in [2.75, 3.05) is 20.1 Å². The molecule has 0 spiro atoms. The Labute approximate surface area is 133 Å². The summed E-state index contributed by atoms with van der Waals surface area (Å²) >= 11 is 0. The van der Waals surface area contributed by atoms with E-state index in [2.05, 4.69) is 11.8 Å². The topological polar surface area (TPSA) is 45.9 Å². The molecule has 1 aliphatic heterocycles. The molecule has 1 saturated heterocycles. The van der Waals surface area contributed by atoms with Crippen LogP contribution in [0.25, 0.3) is 0 Å². The van der Waals surface area contributed by atoms with E-state index in [1.165, 1.54) is 0 Å². The molecular weight excluding hydrogens is 280 g/mol. The van der Waals surface area contributed by atoms with Crippen LogP contribution < -0.4 is 0 Å². The Morgan fingerprint density at radius 3 is 2.55 bits per heavy atom. The first-order chi connectivity index (χ1) is 10.3. The van der Waals surface area contributed by atoms with Gasteiger partial charge in [-0.25, -0.2) is 4.79 Å². The third-order valence-electron chi connectivity index (χ3n) is 4.23. The van der Waals surface area contributed by atoms with Gasteiger partial charge in [-0.2, -0.15) is 0 Å². The second-order valence-corrected chi connectivity index (χ2v) is 7.05. The SMILES string of the molecule is C[C@@H](c1ccco1)N1CCC(N(C)C(=O)OC(C)(C)C)CC1. The number of likely N-dealkylation sites (tertiary alicyclic amines) is 1. The molecule has 5 nitrogen and oxygen atoms in total. The molecule has 0 saturated carbocycles. The number of amides is 1. The van der Waals surface area contributed by atoms with Crippen LogP contribution in [0.4, 0.5) is 4.79 Å². The Morgan fingerprint density at radius 2 is 2.05 bits per heavy atom. The Kier molecular flexibility index (Phi) is 5.16. The number of hydrogen-bond donors (Lipinski definition) is 0. The van der Waals surface area contributed by atoms with Crippen LogP contribution in [0.15, 0.2) is 22.8 Å². The average Bonchev–Trinajstić information content (AvgIpc) is 2.98. The minimum absolute atomic E-state index is 0.231. The van der Waals surface area contributed by atoms with Crippen molar-refractivity contribution in [3.05, 3.63) is 24.2 Å². The van der Waals surface area contributed by atoms with Crippen molar-refractivity contribution in [1.82, 2.24) is 9.80 Å². The van der Waals surface area contributed by atoms with E-state index in [1.54, 1.807) is 11.2 Å². The summed E-state index contributed by atoms with van der Waals surface area (Å²) in [5, 5.41) is 0. The summed E-state index contributed by atoms with van der Waals surface area (Å²) in [4.78, 5) is 16.3. The van der Waals surface area contributed by atoms with E-state index in [-0.39, 0.29) is 18.2 Å². The van der Waals surface area contributed by atoms with E-state index in [0.29, 0.717) is 0 Å². The van der Waals surface area contributed by atoms with Gasteiger partial charge in [0.25, 0.3) is 0 Å². The zero-order chi connectivity index (χ0) is 16.3. The summed E-state index contributed by atoms with van der Waals surface area (Å²) in [6.07, 6.45) is 3.40. The minimum Gasteiger partial charge on any atom is -0.468 e. The van der Waals surface area contributed by atoms with Crippen LogP contribution in [0.2, 0.25) is 0 Å². The number of piperidine rings is 1. The van der Waals surface area contributed by atoms with Crippen LogP contribution in [-0.4, -0.2) is 47.7 Å². The lowest BCUT2D eigenvalue weighted by Crippen LogP contribution is -2.47. The van der Waals surface area contributed by atoms with E-state index in [1.807, 2.05) is 40.0 Å². The maximum atomic E-state index is 12.1. The zero-order valence-electron chi connectivity index (χ0n) is 14.3. The second kappa shape index (κ2) is 6.73. The molecule has 0 unspecified atom stereocenters. The lowest BCUT2D eigenvalue weighted by molar-refractivity contribution is 0.0128. The Balaban J connectivity index is 1.85. The Morgan fingerprint density at radius 1 is 1.41 bits per heavy atom. The van der Waals surface area contributed by atoms with Crippen LogP contribution in [0.3, 0.4) is 0 Å². The molecule has 1 fully saturated rings. The fourth-order valence-electron chi connectivity index (χ4n) is 2.85. The van der Waals surface area contributed by atoms with Gasteiger partial charge in [0.2, 0.25) is 0 Å². The van der Waals surface area contributed by atoms with Crippen molar-refractivity contribution in [1.29, 1.82) is 0 Å². The number of nitrogens with zero attached hydrogens (tertiary/aromatic N) is 2. The number of carbonyl (C=O) groups is 1. The van der Waals surface area contributed by atoms with Crippen LogP contribution in [0.1, 0.15) is 52.3 Å². The van der Waals surface area contributed by atoms with Crippen molar-refractivity contribution in [2.45, 2.75) is 58.2 Å². The molecule has 1 aromatic rings. The van der Waals surface area contributed by atoms with E-state index in [0.717, 1.165) is 31.7 Å². The molecule has 2 rings (SSSR count). The maximum absolute atomic E-state index is 12.1. The first kappa shape index (κ1) is 16.9. The quantitative estimate of drug-likeness (QED) is 0.854. The van der Waals surface area contributed by atoms with Crippen molar-refractivity contribution >= 4 is 6.09 Å². The minimum atomic E-state index is -0.445. The predicted octanol–water partition coefficient (Wildman–Crippen LogP) is 3.67. The first-order valence-electron chi connectivity index (χ1n) is 8.01. The van der Waals surface area contributed by atoms with Crippen molar-refractivity contribution in [2.24, 2.45) is 0 Å². The van der Waals surface area contributed by atoms with Gasteiger partial charge in [-0.15, -0.1) is 0 Å². The largest absolute Gasteiger partial charge is 0.468 e. The number of rotatable bonds is 3. The van der Waals surface area contributed by atoms with Gasteiger partial charge in [-0.3, -0.25) is 4.90 Å². The predicted molar refractivity (Wildman–Crippen MR) is 85.7 cm³/mol. The zero-order valence-corrected chi connectivity index (χ0v) is 14.3. The van der Waals surface area contributed by atoms with E-state index in [4.69, 9.17) is 9.15 Å². The average molecular weight is 308 g/mol. The first-order valence-corrected chi connectivity index (χ1v) is 8.01. The number of carbonyl (C=O) groups excluding carboxylic acids is 1. The summed E-state index contributed by atoms with van der Waals surface area (Å²) in [5.74, 6) is 0.999. The molecule has 5 heteroatoms. The second-order valence-electron chi connectivity index (χ2n) is 7.05. The molecule has 1 amide bonds. The molecule has 0 aromatic carbocycles. The fraction of sp³-hybridized carbons (Fsp3) is 0.706. The van der Waals surface area contributed by atoms with Crippen LogP contribution in [0.5, 0.6) is 0 Å². The van der Waals surface area contributed by atoms with Crippen LogP contribution >= 0.6 is 0 Å². The summed E-state index contributed by atoms with van der Waals surface area (Å²) in [5.41, 5.74) is -0.445. The molecule has 0 radical (unpaired) electrons. The lowest BCUT2D eigenvalue weighted by atomic mass is 10.0. The number of ether oxygens (including phenoxy) is 1. The van der Waals surface area contributed by atoms with E-state index < -0.39 is 5.60 Å². The van der Waals surface area contributed by atoms with Crippen molar-refractivity contribution in [3.8, 4) is 0 Å². The number of furan rings is 1. The highest BCUT2D eigenvalue weighted by atomic mass is 16.6. The molecule has 1 aromatic heterocycles. The van der Waals surface area contributed by atoms with Gasteiger partial charge in [0.15, 0.2) is 0 Å². The van der Waals surface area contributed by atoms with Gasteiger partial charge < -0.3 is 14.1 Å². The van der Waals surface area contributed by atoms with Crippen LogP contribution in [0, 0.1) is 0 Å². The molecule has 1 aliphatic rings. The molecule has 0 aliphatic carbocycles. The molecule has 0 N–H and O–H groups in total. The van der Waals surface area contributed by atoms with Gasteiger partial charge in [0.1, 0.15) is 11.4 Å². The van der Waals surface area contributed by atoms with Gasteiger partial charge in [0.05, 0.1) is 12.3 Å². The highest BCUT2D eigenvalue weighted by molar-refractivity contribution is 5.68.